The van der Waals surface area contributed by atoms with E-state index in [1.165, 1.54) is 4.90 Å². The van der Waals surface area contributed by atoms with Crippen LogP contribution in [-0.4, -0.2) is 40.5 Å². The van der Waals surface area contributed by atoms with Crippen molar-refractivity contribution in [2.24, 2.45) is 0 Å². The average molecular weight is 449 g/mol. The lowest BCUT2D eigenvalue weighted by Crippen LogP contribution is -2.36. The molecule has 0 heterocycles. The van der Waals surface area contributed by atoms with E-state index in [-0.39, 0.29) is 18.9 Å². The molecule has 0 aliphatic carbocycles. The first-order chi connectivity index (χ1) is 15.2. The minimum atomic E-state index is -1.17. The Balaban J connectivity index is 2.09. The van der Waals surface area contributed by atoms with Crippen molar-refractivity contribution in [3.05, 3.63) is 59.7 Å². The zero-order chi connectivity index (χ0) is 23.6. The number of carboxylic acids is 1. The smallest absolute Gasteiger partial charge is 0.303 e. The predicted octanol–water partition coefficient (Wildman–Crippen LogP) is 5.78. The second-order valence-electron chi connectivity index (χ2n) is 7.28. The van der Waals surface area contributed by atoms with Crippen LogP contribution >= 0.6 is 11.8 Å². The van der Waals surface area contributed by atoms with Crippen molar-refractivity contribution in [3.8, 4) is 5.75 Å². The maximum atomic E-state index is 13.2. The van der Waals surface area contributed by atoms with Crippen molar-refractivity contribution >= 4 is 23.6 Å². The number of carbonyl (C=O) groups is 2. The molecular formula is C24H30FNO4S. The van der Waals surface area contributed by atoms with Gasteiger partial charge in [0.1, 0.15) is 11.8 Å². The Morgan fingerprint density at radius 3 is 2.48 bits per heavy atom. The molecule has 0 saturated carbocycles. The minimum Gasteiger partial charge on any atom is -0.493 e. The van der Waals surface area contributed by atoms with Gasteiger partial charge in [-0.3, -0.25) is 9.59 Å². The monoisotopic (exact) mass is 448 g/mol. The maximum absolute atomic E-state index is 13.2. The summed E-state index contributed by atoms with van der Waals surface area (Å²) in [6.07, 6.45) is 2.25. The van der Waals surface area contributed by atoms with E-state index in [1.54, 1.807) is 38.1 Å². The van der Waals surface area contributed by atoms with Crippen molar-refractivity contribution < 1.29 is 25.2 Å². The third kappa shape index (κ3) is 8.25. The molecular weight excluding hydrogens is 417 g/mol. The molecule has 31 heavy (non-hydrogen) atoms. The van der Waals surface area contributed by atoms with Crippen molar-refractivity contribution in [2.45, 2.75) is 57.0 Å². The van der Waals surface area contributed by atoms with E-state index in [2.05, 4.69) is 0 Å². The molecule has 0 atom stereocenters. The lowest BCUT2D eigenvalue weighted by molar-refractivity contribution is -0.137. The fraction of sp³-hybridized carbons (Fsp3) is 0.417. The first-order valence-electron chi connectivity index (χ1n) is 10.8. The van der Waals surface area contributed by atoms with Gasteiger partial charge in [0, 0.05) is 35.0 Å². The van der Waals surface area contributed by atoms with Gasteiger partial charge in [0.05, 0.1) is 7.98 Å². The number of benzene rings is 2. The first kappa shape index (κ1) is 23.1. The van der Waals surface area contributed by atoms with E-state index in [9.17, 15) is 14.0 Å². The van der Waals surface area contributed by atoms with Gasteiger partial charge in [-0.05, 0) is 63.4 Å². The van der Waals surface area contributed by atoms with Crippen LogP contribution in [0, 0.1) is 0 Å². The summed E-state index contributed by atoms with van der Waals surface area (Å²) in [6.45, 7) is 3.96. The highest BCUT2D eigenvalue weighted by atomic mass is 32.2. The second kappa shape index (κ2) is 13.0. The third-order valence-corrected chi connectivity index (χ3v) is 5.42. The van der Waals surface area contributed by atoms with Gasteiger partial charge in [0.25, 0.3) is 5.91 Å². The highest BCUT2D eigenvalue weighted by molar-refractivity contribution is 7.99. The van der Waals surface area contributed by atoms with Crippen LogP contribution in [0.25, 0.3) is 0 Å². The minimum absolute atomic E-state index is 0.152. The number of nitrogens with zero attached hydrogens (tertiary/aromatic N) is 1. The van der Waals surface area contributed by atoms with Gasteiger partial charge in [-0.25, -0.2) is 4.39 Å². The van der Waals surface area contributed by atoms with Gasteiger partial charge in [0.15, 0.2) is 0 Å². The van der Waals surface area contributed by atoms with Gasteiger partial charge >= 0.3 is 5.97 Å². The fourth-order valence-corrected chi connectivity index (χ4v) is 3.48. The predicted molar refractivity (Wildman–Crippen MR) is 121 cm³/mol. The average Bonchev–Trinajstić information content (AvgIpc) is 2.74. The Morgan fingerprint density at radius 1 is 1.13 bits per heavy atom. The topological polar surface area (TPSA) is 66.8 Å². The summed E-state index contributed by atoms with van der Waals surface area (Å²) in [5.41, 5.74) is 1.22. The molecule has 0 aromatic heterocycles. The summed E-state index contributed by atoms with van der Waals surface area (Å²) < 4.78 is 26.9. The van der Waals surface area contributed by atoms with Crippen LogP contribution in [0.3, 0.4) is 0 Å². The van der Waals surface area contributed by atoms with Crippen LogP contribution in [0.2, 0.25) is 0 Å². The van der Waals surface area contributed by atoms with E-state index in [0.717, 1.165) is 35.1 Å². The Bertz CT molecular complexity index is 886. The number of hydrogen-bond acceptors (Lipinski definition) is 4. The fourth-order valence-electron chi connectivity index (χ4n) is 3.03. The summed E-state index contributed by atoms with van der Waals surface area (Å²) in [6, 6.07) is 12.4. The van der Waals surface area contributed by atoms with Crippen LogP contribution in [0.1, 0.15) is 56.8 Å². The summed E-state index contributed by atoms with van der Waals surface area (Å²) in [7, 11) is 0. The number of rotatable bonds is 13. The zero-order valence-electron chi connectivity index (χ0n) is 19.0. The number of para-hydroxylation sites is 1. The number of ether oxygens (including phenoxy) is 1. The summed E-state index contributed by atoms with van der Waals surface area (Å²) in [5, 5.41) is 8.70. The van der Waals surface area contributed by atoms with Crippen molar-refractivity contribution in [1.82, 2.24) is 4.90 Å². The first-order valence-corrected chi connectivity index (χ1v) is 11.2. The number of amides is 1. The molecule has 1 N–H and O–H groups in total. The number of carboxylic acid groups (broad SMARTS) is 1. The van der Waals surface area contributed by atoms with Gasteiger partial charge in [0.2, 0.25) is 0 Å². The lowest BCUT2D eigenvalue weighted by Gasteiger charge is -2.28. The molecule has 0 fully saturated rings. The number of alkyl halides is 1. The standard InChI is InChI=1S/C24H30FNO4S/c1-18(2)26(24(29)19-11-13-21(14-12-19)31-17-25)16-20-8-5-6-9-22(20)30-15-7-3-4-10-23(27)28/h5-6,8-9,11-14,18H,3-4,7,10,15-17H2,1-2H3,(H,27,28)/i18D. The molecule has 168 valence electrons. The SMILES string of the molecule is [2H]C(C)(C)N(Cc1ccccc1OCCCCCC(=O)O)C(=O)c1ccc(SCF)cc1. The zero-order valence-corrected chi connectivity index (χ0v) is 18.8. The molecule has 5 nitrogen and oxygen atoms in total. The molecule has 0 bridgehead atoms. The van der Waals surface area contributed by atoms with E-state index in [4.69, 9.17) is 11.2 Å². The van der Waals surface area contributed by atoms with Gasteiger partial charge in [-0.1, -0.05) is 30.0 Å². The van der Waals surface area contributed by atoms with Gasteiger partial charge in [-0.2, -0.15) is 0 Å². The molecule has 2 aromatic carbocycles. The highest BCUT2D eigenvalue weighted by Crippen LogP contribution is 2.24. The number of aliphatic carboxylic acids is 1. The number of thioether (sulfide) groups is 1. The lowest BCUT2D eigenvalue weighted by atomic mass is 10.1. The van der Waals surface area contributed by atoms with Gasteiger partial charge in [-0.15, -0.1) is 0 Å². The molecule has 0 aliphatic heterocycles. The molecule has 0 unspecified atom stereocenters. The van der Waals surface area contributed by atoms with Crippen molar-refractivity contribution in [2.75, 3.05) is 12.6 Å². The van der Waals surface area contributed by atoms with Crippen LogP contribution < -0.4 is 4.74 Å². The number of carbonyl (C=O) groups excluding carboxylic acids is 1. The Labute approximate surface area is 189 Å². The molecule has 0 saturated heterocycles. The van der Waals surface area contributed by atoms with Crippen LogP contribution in [-0.2, 0) is 11.3 Å². The van der Waals surface area contributed by atoms with Crippen molar-refractivity contribution in [1.29, 1.82) is 0 Å². The molecule has 0 radical (unpaired) electrons. The number of unbranched alkanes of at least 4 members (excludes halogenated alkanes) is 2. The van der Waals surface area contributed by atoms with E-state index < -0.39 is 18.0 Å². The third-order valence-electron chi connectivity index (χ3n) is 4.70. The molecule has 1 amide bonds. The molecule has 0 aliphatic rings. The molecule has 0 spiro atoms. The Hall–Kier alpha value is -2.54. The van der Waals surface area contributed by atoms with Crippen LogP contribution in [0.4, 0.5) is 4.39 Å². The Kier molecular flexibility index (Phi) is 9.70. The summed E-state index contributed by atoms with van der Waals surface area (Å²) >= 11 is 1.05. The van der Waals surface area contributed by atoms with E-state index >= 15 is 0 Å². The van der Waals surface area contributed by atoms with Crippen LogP contribution in [0.5, 0.6) is 5.75 Å². The molecule has 2 rings (SSSR count). The second-order valence-corrected chi connectivity index (χ2v) is 8.26. The van der Waals surface area contributed by atoms with Gasteiger partial charge < -0.3 is 14.7 Å². The van der Waals surface area contributed by atoms with Crippen molar-refractivity contribution in [3.63, 3.8) is 0 Å². The van der Waals surface area contributed by atoms with E-state index in [1.807, 2.05) is 24.3 Å². The number of halogens is 1. The number of hydrogen-bond donors (Lipinski definition) is 1. The van der Waals surface area contributed by atoms with E-state index in [0.29, 0.717) is 24.3 Å². The quantitative estimate of drug-likeness (QED) is 0.311. The summed E-state index contributed by atoms with van der Waals surface area (Å²) in [4.78, 5) is 26.0. The largest absolute Gasteiger partial charge is 0.493 e. The summed E-state index contributed by atoms with van der Waals surface area (Å²) in [5.74, 6) is -0.442. The maximum Gasteiger partial charge on any atom is 0.303 e. The molecule has 2 aromatic rings. The Morgan fingerprint density at radius 2 is 1.84 bits per heavy atom. The highest BCUT2D eigenvalue weighted by Gasteiger charge is 2.20. The van der Waals surface area contributed by atoms with Crippen LogP contribution in [0.15, 0.2) is 53.4 Å². The molecule has 7 heteroatoms. The normalized spacial score (nSPS) is 11.6.